The Morgan fingerprint density at radius 3 is 1.50 bits per heavy atom. The molecule has 4 amide bonds. The maximum Gasteiger partial charge on any atom is 0.407 e. The minimum Gasteiger partial charge on any atom is -0.480 e. The van der Waals surface area contributed by atoms with Crippen LogP contribution in [-0.4, -0.2) is 67.0 Å². The lowest BCUT2D eigenvalue weighted by Crippen LogP contribution is -2.51. The Kier molecular flexibility index (Phi) is 15.7. The zero-order valence-corrected chi connectivity index (χ0v) is 31.1. The van der Waals surface area contributed by atoms with E-state index in [4.69, 9.17) is 14.2 Å². The van der Waals surface area contributed by atoms with Gasteiger partial charge >= 0.3 is 24.2 Å². The second-order valence-electron chi connectivity index (χ2n) is 13.4. The van der Waals surface area contributed by atoms with E-state index in [1.165, 1.54) is 0 Å². The molecule has 0 heterocycles. The van der Waals surface area contributed by atoms with Gasteiger partial charge in [0.1, 0.15) is 31.9 Å². The predicted molar refractivity (Wildman–Crippen MR) is 209 cm³/mol. The van der Waals surface area contributed by atoms with Crippen LogP contribution in [0, 0.1) is 0 Å². The summed E-state index contributed by atoms with van der Waals surface area (Å²) < 4.78 is 16.1. The maximum absolute atomic E-state index is 13.5. The first-order chi connectivity index (χ1) is 27.3. The summed E-state index contributed by atoms with van der Waals surface area (Å²) in [6.45, 7) is 0.811. The molecular weight excluding hydrogens is 716 g/mol. The van der Waals surface area contributed by atoms with Crippen molar-refractivity contribution in [2.24, 2.45) is 0 Å². The van der Waals surface area contributed by atoms with Gasteiger partial charge in [0, 0.05) is 19.0 Å². The third-order valence-electron chi connectivity index (χ3n) is 9.37. The van der Waals surface area contributed by atoms with Gasteiger partial charge in [0.25, 0.3) is 0 Å². The van der Waals surface area contributed by atoms with Crippen molar-refractivity contribution in [2.75, 3.05) is 19.7 Å². The van der Waals surface area contributed by atoms with Gasteiger partial charge in [-0.3, -0.25) is 4.79 Å². The molecule has 13 nitrogen and oxygen atoms in total. The van der Waals surface area contributed by atoms with Crippen molar-refractivity contribution in [3.63, 3.8) is 0 Å². The predicted octanol–water partition coefficient (Wildman–Crippen LogP) is 6.66. The van der Waals surface area contributed by atoms with Gasteiger partial charge in [0.15, 0.2) is 0 Å². The molecule has 5 N–H and O–H groups in total. The molecule has 294 valence electrons. The number of hydrogen-bond acceptors (Lipinski definition) is 8. The highest BCUT2D eigenvalue weighted by atomic mass is 16.6. The van der Waals surface area contributed by atoms with Gasteiger partial charge in [0.2, 0.25) is 5.91 Å². The number of unbranched alkanes of at least 4 members (excludes halogenated alkanes) is 2. The number of benzene rings is 4. The molecule has 0 saturated carbocycles. The molecule has 0 unspecified atom stereocenters. The number of carboxylic acids is 1. The number of hydrogen-bond donors (Lipinski definition) is 5. The molecular formula is C43H48N4O9. The fourth-order valence-electron chi connectivity index (χ4n) is 6.46. The van der Waals surface area contributed by atoms with Crippen molar-refractivity contribution < 1.29 is 43.3 Å². The molecule has 0 fully saturated rings. The molecule has 0 saturated heterocycles. The highest BCUT2D eigenvalue weighted by molar-refractivity contribution is 5.89. The van der Waals surface area contributed by atoms with Crippen molar-refractivity contribution in [2.45, 2.75) is 69.7 Å². The Balaban J connectivity index is 1.11. The van der Waals surface area contributed by atoms with Crippen molar-refractivity contribution >= 4 is 30.2 Å². The Morgan fingerprint density at radius 2 is 1.00 bits per heavy atom. The first-order valence-electron chi connectivity index (χ1n) is 18.8. The quantitative estimate of drug-likeness (QED) is 0.0486. The summed E-state index contributed by atoms with van der Waals surface area (Å²) in [7, 11) is 0. The standard InChI is InChI=1S/C43H48N4O9/c48-39(46-38(40(49)50)24-12-14-26-45-42(52)55-28-31-17-5-2-6-18-31)37(23-11-13-25-44-41(51)54-27-30-15-3-1-4-16-30)47-43(53)56-29-36-34-21-9-7-19-32(34)33-20-8-10-22-35(33)36/h1-10,15-22,36-38H,11-14,23-29H2,(H,44,51)(H,45,52)(H,46,48)(H,47,53)(H,49,50)/t37-,38-/m0/s1. The van der Waals surface area contributed by atoms with E-state index in [-0.39, 0.29) is 51.7 Å². The molecule has 13 heteroatoms. The van der Waals surface area contributed by atoms with Gasteiger partial charge < -0.3 is 40.6 Å². The molecule has 5 rings (SSSR count). The normalized spacial score (nSPS) is 12.6. The fraction of sp³-hybridized carbons (Fsp3) is 0.326. The van der Waals surface area contributed by atoms with Gasteiger partial charge in [-0.2, -0.15) is 0 Å². The van der Waals surface area contributed by atoms with E-state index in [1.807, 2.05) is 109 Å². The minimum absolute atomic E-state index is 0.0365. The van der Waals surface area contributed by atoms with Crippen LogP contribution >= 0.6 is 0 Å². The lowest BCUT2D eigenvalue weighted by molar-refractivity contribution is -0.142. The second kappa shape index (κ2) is 21.5. The molecule has 0 radical (unpaired) electrons. The zero-order chi connectivity index (χ0) is 39.5. The van der Waals surface area contributed by atoms with Crippen LogP contribution in [-0.2, 0) is 37.0 Å². The summed E-state index contributed by atoms with van der Waals surface area (Å²) in [5.74, 6) is -2.10. The van der Waals surface area contributed by atoms with Gasteiger partial charge in [-0.15, -0.1) is 0 Å². The van der Waals surface area contributed by atoms with Crippen LogP contribution in [0.25, 0.3) is 11.1 Å². The molecule has 1 aliphatic rings. The van der Waals surface area contributed by atoms with E-state index < -0.39 is 42.2 Å². The molecule has 4 aromatic carbocycles. The highest BCUT2D eigenvalue weighted by Crippen LogP contribution is 2.44. The number of ether oxygens (including phenoxy) is 3. The topological polar surface area (TPSA) is 181 Å². The first-order valence-corrected chi connectivity index (χ1v) is 18.8. The molecule has 1 aliphatic carbocycles. The summed E-state index contributed by atoms with van der Waals surface area (Å²) in [4.78, 5) is 63.1. The molecule has 0 aliphatic heterocycles. The highest BCUT2D eigenvalue weighted by Gasteiger charge is 2.31. The van der Waals surface area contributed by atoms with E-state index in [0.717, 1.165) is 33.4 Å². The summed E-state index contributed by atoms with van der Waals surface area (Å²) in [6, 6.07) is 32.0. The smallest absolute Gasteiger partial charge is 0.407 e. The number of carboxylic acid groups (broad SMARTS) is 1. The molecule has 4 aromatic rings. The Hall–Kier alpha value is -6.37. The number of nitrogens with one attached hydrogen (secondary N) is 4. The zero-order valence-electron chi connectivity index (χ0n) is 31.1. The number of fused-ring (bicyclic) bond motifs is 3. The molecule has 0 bridgehead atoms. The van der Waals surface area contributed by atoms with E-state index in [9.17, 15) is 29.1 Å². The van der Waals surface area contributed by atoms with Crippen LogP contribution in [0.3, 0.4) is 0 Å². The van der Waals surface area contributed by atoms with E-state index in [0.29, 0.717) is 25.7 Å². The van der Waals surface area contributed by atoms with Crippen molar-refractivity contribution in [1.29, 1.82) is 0 Å². The molecule has 0 aromatic heterocycles. The largest absolute Gasteiger partial charge is 0.480 e. The van der Waals surface area contributed by atoms with Crippen LogP contribution in [0.5, 0.6) is 0 Å². The van der Waals surface area contributed by atoms with Crippen LogP contribution in [0.1, 0.15) is 66.7 Å². The van der Waals surface area contributed by atoms with E-state index in [1.54, 1.807) is 0 Å². The average Bonchev–Trinajstić information content (AvgIpc) is 3.54. The van der Waals surface area contributed by atoms with Crippen molar-refractivity contribution in [1.82, 2.24) is 21.3 Å². The monoisotopic (exact) mass is 764 g/mol. The number of alkyl carbamates (subject to hydrolysis) is 3. The van der Waals surface area contributed by atoms with Gasteiger partial charge in [-0.05, 0) is 71.9 Å². The summed E-state index contributed by atoms with van der Waals surface area (Å²) >= 11 is 0. The average molecular weight is 765 g/mol. The number of carbonyl (C=O) groups excluding carboxylic acids is 4. The fourth-order valence-corrected chi connectivity index (χ4v) is 6.46. The Bertz CT molecular complexity index is 1860. The summed E-state index contributed by atoms with van der Waals surface area (Å²) in [5, 5.41) is 20.5. The third-order valence-corrected chi connectivity index (χ3v) is 9.37. The lowest BCUT2D eigenvalue weighted by atomic mass is 9.98. The number of aliphatic carboxylic acids is 1. The van der Waals surface area contributed by atoms with Gasteiger partial charge in [-0.1, -0.05) is 109 Å². The molecule has 0 spiro atoms. The molecule has 56 heavy (non-hydrogen) atoms. The van der Waals surface area contributed by atoms with Gasteiger partial charge in [-0.25, -0.2) is 19.2 Å². The number of rotatable bonds is 20. The number of amides is 4. The summed E-state index contributed by atoms with van der Waals surface area (Å²) in [5.41, 5.74) is 5.93. The molecule has 2 atom stereocenters. The van der Waals surface area contributed by atoms with Gasteiger partial charge in [0.05, 0.1) is 0 Å². The number of carbonyl (C=O) groups is 5. The van der Waals surface area contributed by atoms with E-state index in [2.05, 4.69) is 21.3 Å². The lowest BCUT2D eigenvalue weighted by Gasteiger charge is -2.22. The van der Waals surface area contributed by atoms with Crippen LogP contribution in [0.15, 0.2) is 109 Å². The van der Waals surface area contributed by atoms with Crippen LogP contribution in [0.2, 0.25) is 0 Å². The third kappa shape index (κ3) is 12.6. The Morgan fingerprint density at radius 1 is 0.536 bits per heavy atom. The van der Waals surface area contributed by atoms with E-state index >= 15 is 0 Å². The SMILES string of the molecule is O=C(NCCCC[C@H](NC(=O)[C@H](CCCCNC(=O)OCc1ccccc1)NC(=O)OCC1c2ccccc2-c2ccccc21)C(=O)O)OCc1ccccc1. The first kappa shape index (κ1) is 40.8. The van der Waals surface area contributed by atoms with Crippen molar-refractivity contribution in [3.8, 4) is 11.1 Å². The maximum atomic E-state index is 13.5. The minimum atomic E-state index is -1.24. The second-order valence-corrected chi connectivity index (χ2v) is 13.4. The summed E-state index contributed by atoms with van der Waals surface area (Å²) in [6.07, 6.45) is -0.0418. The van der Waals surface area contributed by atoms with Crippen molar-refractivity contribution in [3.05, 3.63) is 131 Å². The van der Waals surface area contributed by atoms with Crippen LogP contribution in [0.4, 0.5) is 14.4 Å². The Labute approximate surface area is 326 Å². The van der Waals surface area contributed by atoms with Crippen LogP contribution < -0.4 is 21.3 Å².